The number of carbonyl (C=O) groups is 2. The Morgan fingerprint density at radius 1 is 0.941 bits per heavy atom. The number of amides is 3. The monoisotopic (exact) mass is 475 g/mol. The normalized spacial score (nSPS) is 11.6. The van der Waals surface area contributed by atoms with Crippen LogP contribution in [0.2, 0.25) is 0 Å². The van der Waals surface area contributed by atoms with Crippen LogP contribution >= 0.6 is 11.8 Å². The first kappa shape index (κ1) is 23.2. The molecular formula is C25H22FN5O2S. The van der Waals surface area contributed by atoms with Crippen LogP contribution in [0.4, 0.5) is 9.18 Å². The van der Waals surface area contributed by atoms with Crippen molar-refractivity contribution < 1.29 is 14.0 Å². The van der Waals surface area contributed by atoms with Gasteiger partial charge in [0.2, 0.25) is 5.91 Å². The summed E-state index contributed by atoms with van der Waals surface area (Å²) in [5.74, 6) is -0.269. The van der Waals surface area contributed by atoms with Gasteiger partial charge in [0, 0.05) is 17.8 Å². The van der Waals surface area contributed by atoms with Crippen LogP contribution in [0.5, 0.6) is 0 Å². The van der Waals surface area contributed by atoms with Crippen LogP contribution in [-0.4, -0.2) is 32.0 Å². The minimum Gasteiger partial charge on any atom is -0.334 e. The van der Waals surface area contributed by atoms with Crippen molar-refractivity contribution in [1.29, 1.82) is 0 Å². The Balaban J connectivity index is 1.49. The first-order valence-electron chi connectivity index (χ1n) is 10.6. The number of nitrogens with one attached hydrogen (secondary N) is 2. The molecule has 4 rings (SSSR count). The third kappa shape index (κ3) is 5.68. The minimum absolute atomic E-state index is 0.306. The Labute approximate surface area is 200 Å². The van der Waals surface area contributed by atoms with E-state index < -0.39 is 17.2 Å². The van der Waals surface area contributed by atoms with E-state index in [0.29, 0.717) is 23.2 Å². The first-order valence-corrected chi connectivity index (χ1v) is 11.5. The summed E-state index contributed by atoms with van der Waals surface area (Å²) in [6.07, 6.45) is 0. The van der Waals surface area contributed by atoms with Crippen LogP contribution in [0.1, 0.15) is 12.5 Å². The van der Waals surface area contributed by atoms with E-state index in [9.17, 15) is 14.0 Å². The van der Waals surface area contributed by atoms with Crippen molar-refractivity contribution >= 4 is 23.7 Å². The second-order valence-corrected chi connectivity index (χ2v) is 8.71. The molecule has 3 aromatic carbocycles. The van der Waals surface area contributed by atoms with Crippen molar-refractivity contribution in [3.05, 3.63) is 96.3 Å². The van der Waals surface area contributed by atoms with Crippen molar-refractivity contribution in [2.75, 3.05) is 0 Å². The lowest BCUT2D eigenvalue weighted by Gasteiger charge is -2.14. The molecule has 0 spiro atoms. The van der Waals surface area contributed by atoms with Gasteiger partial charge in [-0.2, -0.15) is 0 Å². The predicted molar refractivity (Wildman–Crippen MR) is 129 cm³/mol. The first-order chi connectivity index (χ1) is 16.5. The maximum Gasteiger partial charge on any atom is 0.321 e. The number of rotatable bonds is 7. The van der Waals surface area contributed by atoms with E-state index in [0.717, 1.165) is 22.9 Å². The third-order valence-electron chi connectivity index (χ3n) is 4.93. The lowest BCUT2D eigenvalue weighted by molar-refractivity contribution is -0.119. The quantitative estimate of drug-likeness (QED) is 0.382. The van der Waals surface area contributed by atoms with Gasteiger partial charge in [0.1, 0.15) is 5.82 Å². The highest BCUT2D eigenvalue weighted by Gasteiger charge is 2.23. The fraction of sp³-hybridized carbons (Fsp3) is 0.120. The molecule has 9 heteroatoms. The van der Waals surface area contributed by atoms with Gasteiger partial charge in [-0.15, -0.1) is 10.2 Å². The summed E-state index contributed by atoms with van der Waals surface area (Å²) in [4.78, 5) is 24.8. The number of hydrogen-bond acceptors (Lipinski definition) is 5. The molecule has 1 unspecified atom stereocenters. The van der Waals surface area contributed by atoms with Crippen LogP contribution in [0.25, 0.3) is 17.1 Å². The molecule has 0 saturated heterocycles. The number of carbonyl (C=O) groups excluding carboxylic acids is 2. The Kier molecular flexibility index (Phi) is 7.34. The molecule has 172 valence electrons. The number of benzene rings is 3. The van der Waals surface area contributed by atoms with Crippen LogP contribution in [0.3, 0.4) is 0 Å². The van der Waals surface area contributed by atoms with Crippen molar-refractivity contribution in [1.82, 2.24) is 25.4 Å². The van der Waals surface area contributed by atoms with Crippen LogP contribution in [0.15, 0.2) is 90.1 Å². The van der Waals surface area contributed by atoms with Crippen LogP contribution in [-0.2, 0) is 11.3 Å². The predicted octanol–water partition coefficient (Wildman–Crippen LogP) is 4.58. The molecule has 0 saturated carbocycles. The summed E-state index contributed by atoms with van der Waals surface area (Å²) in [7, 11) is 0. The zero-order valence-electron chi connectivity index (χ0n) is 18.3. The molecular weight excluding hydrogens is 453 g/mol. The van der Waals surface area contributed by atoms with Gasteiger partial charge < -0.3 is 5.32 Å². The van der Waals surface area contributed by atoms with Crippen LogP contribution in [0, 0.1) is 5.82 Å². The highest BCUT2D eigenvalue weighted by Crippen LogP contribution is 2.30. The Morgan fingerprint density at radius 3 is 2.26 bits per heavy atom. The second-order valence-electron chi connectivity index (χ2n) is 7.40. The number of aromatic nitrogens is 3. The molecule has 0 aliphatic rings. The molecule has 0 fully saturated rings. The van der Waals surface area contributed by atoms with E-state index in [2.05, 4.69) is 20.8 Å². The van der Waals surface area contributed by atoms with Gasteiger partial charge in [0.25, 0.3) is 0 Å². The number of hydrogen-bond donors (Lipinski definition) is 2. The molecule has 7 nitrogen and oxygen atoms in total. The average molecular weight is 476 g/mol. The van der Waals surface area contributed by atoms with E-state index in [1.807, 2.05) is 60.7 Å². The third-order valence-corrected chi connectivity index (χ3v) is 5.98. The van der Waals surface area contributed by atoms with Crippen molar-refractivity contribution in [3.8, 4) is 17.1 Å². The summed E-state index contributed by atoms with van der Waals surface area (Å²) < 4.78 is 15.3. The Morgan fingerprint density at radius 2 is 1.59 bits per heavy atom. The maximum absolute atomic E-state index is 13.5. The number of halogens is 1. The van der Waals surface area contributed by atoms with Crippen molar-refractivity contribution in [2.24, 2.45) is 0 Å². The largest absolute Gasteiger partial charge is 0.334 e. The smallest absolute Gasteiger partial charge is 0.321 e. The van der Waals surface area contributed by atoms with Gasteiger partial charge in [-0.05, 0) is 36.8 Å². The topological polar surface area (TPSA) is 88.9 Å². The standard InChI is InChI=1S/C25H22FN5O2S/c1-17(23(32)28-24(33)27-16-18-8-4-2-5-9-18)34-25-30-29-22(19-10-6-3-7-11-19)31(25)21-14-12-20(26)13-15-21/h2-15,17H,16H2,1H3,(H2,27,28,32,33). The Hall–Kier alpha value is -3.98. The highest BCUT2D eigenvalue weighted by molar-refractivity contribution is 8.00. The van der Waals surface area contributed by atoms with Crippen molar-refractivity contribution in [3.63, 3.8) is 0 Å². The summed E-state index contributed by atoms with van der Waals surface area (Å²) in [5, 5.41) is 13.4. The number of urea groups is 1. The molecule has 4 aromatic rings. The molecule has 1 atom stereocenters. The molecule has 0 aliphatic heterocycles. The molecule has 0 bridgehead atoms. The summed E-state index contributed by atoms with van der Waals surface area (Å²) in [6, 6.07) is 24.2. The van der Waals surface area contributed by atoms with Crippen LogP contribution < -0.4 is 10.6 Å². The van der Waals surface area contributed by atoms with E-state index in [1.165, 1.54) is 12.1 Å². The molecule has 1 aromatic heterocycles. The lowest BCUT2D eigenvalue weighted by Crippen LogP contribution is -2.42. The van der Waals surface area contributed by atoms with E-state index in [4.69, 9.17) is 0 Å². The summed E-state index contributed by atoms with van der Waals surface area (Å²) >= 11 is 1.15. The molecule has 1 heterocycles. The van der Waals surface area contributed by atoms with Gasteiger partial charge in [0.05, 0.1) is 5.25 Å². The Bertz CT molecular complexity index is 1260. The zero-order valence-corrected chi connectivity index (χ0v) is 19.1. The molecule has 3 amide bonds. The second kappa shape index (κ2) is 10.8. The number of thioether (sulfide) groups is 1. The minimum atomic E-state index is -0.644. The molecule has 0 aliphatic carbocycles. The maximum atomic E-state index is 13.5. The molecule has 0 radical (unpaired) electrons. The fourth-order valence-electron chi connectivity index (χ4n) is 3.19. The lowest BCUT2D eigenvalue weighted by atomic mass is 10.2. The number of imide groups is 1. The zero-order chi connectivity index (χ0) is 23.9. The highest BCUT2D eigenvalue weighted by atomic mass is 32.2. The molecule has 34 heavy (non-hydrogen) atoms. The average Bonchev–Trinajstić information content (AvgIpc) is 3.27. The van der Waals surface area contributed by atoms with Gasteiger partial charge in [-0.1, -0.05) is 72.4 Å². The fourth-order valence-corrected chi connectivity index (χ4v) is 4.06. The van der Waals surface area contributed by atoms with Gasteiger partial charge in [-0.3, -0.25) is 14.7 Å². The molecule has 2 N–H and O–H groups in total. The van der Waals surface area contributed by atoms with E-state index in [-0.39, 0.29) is 5.82 Å². The van der Waals surface area contributed by atoms with Gasteiger partial charge in [0.15, 0.2) is 11.0 Å². The summed E-state index contributed by atoms with van der Waals surface area (Å²) in [5.41, 5.74) is 2.40. The van der Waals surface area contributed by atoms with Crippen molar-refractivity contribution in [2.45, 2.75) is 23.9 Å². The number of nitrogens with zero attached hydrogens (tertiary/aromatic N) is 3. The van der Waals surface area contributed by atoms with E-state index >= 15 is 0 Å². The van der Waals surface area contributed by atoms with Gasteiger partial charge >= 0.3 is 6.03 Å². The van der Waals surface area contributed by atoms with E-state index in [1.54, 1.807) is 23.6 Å². The summed E-state index contributed by atoms with van der Waals surface area (Å²) in [6.45, 7) is 1.98. The van der Waals surface area contributed by atoms with Gasteiger partial charge in [-0.25, -0.2) is 9.18 Å². The SMILES string of the molecule is CC(Sc1nnc(-c2ccccc2)n1-c1ccc(F)cc1)C(=O)NC(=O)NCc1ccccc1.